The Morgan fingerprint density at radius 1 is 1.53 bits per heavy atom. The third kappa shape index (κ3) is 1.88. The first-order chi connectivity index (χ1) is 8.25. The van der Waals surface area contributed by atoms with Gasteiger partial charge in [-0.3, -0.25) is 0 Å². The standard InChI is InChI=1S/C12H13FN2OS/c1-15(8-5-6-17-7-8)12-14-10-4-2-3-9(13)11(10)16-12/h2-4,8H,5-7H2,1H3. The van der Waals surface area contributed by atoms with Crippen LogP contribution >= 0.6 is 11.8 Å². The molecule has 0 bridgehead atoms. The van der Waals surface area contributed by atoms with Crippen molar-refractivity contribution < 1.29 is 8.81 Å². The van der Waals surface area contributed by atoms with Crippen molar-refractivity contribution in [3.63, 3.8) is 0 Å². The summed E-state index contributed by atoms with van der Waals surface area (Å²) in [5.41, 5.74) is 0.831. The van der Waals surface area contributed by atoms with Crippen LogP contribution in [0.3, 0.4) is 0 Å². The normalized spacial score (nSPS) is 20.0. The van der Waals surface area contributed by atoms with Crippen molar-refractivity contribution in [1.29, 1.82) is 0 Å². The molecule has 3 rings (SSSR count). The quantitative estimate of drug-likeness (QED) is 0.822. The molecule has 1 aromatic carbocycles. The molecule has 0 amide bonds. The number of thioether (sulfide) groups is 1. The van der Waals surface area contributed by atoms with Crippen molar-refractivity contribution in [3.05, 3.63) is 24.0 Å². The molecule has 1 aliphatic rings. The molecule has 90 valence electrons. The van der Waals surface area contributed by atoms with E-state index in [1.807, 2.05) is 23.7 Å². The van der Waals surface area contributed by atoms with Gasteiger partial charge >= 0.3 is 0 Å². The SMILES string of the molecule is CN(c1nc2cccc(F)c2o1)C1CCSC1. The number of nitrogens with zero attached hydrogens (tertiary/aromatic N) is 2. The van der Waals surface area contributed by atoms with Gasteiger partial charge in [0.05, 0.1) is 0 Å². The van der Waals surface area contributed by atoms with Crippen LogP contribution in [0.4, 0.5) is 10.4 Å². The summed E-state index contributed by atoms with van der Waals surface area (Å²) in [6, 6.07) is 5.76. The van der Waals surface area contributed by atoms with E-state index < -0.39 is 0 Å². The average molecular weight is 252 g/mol. The maximum absolute atomic E-state index is 13.5. The van der Waals surface area contributed by atoms with Crippen LogP contribution in [-0.4, -0.2) is 29.6 Å². The van der Waals surface area contributed by atoms with Crippen molar-refractivity contribution in [2.24, 2.45) is 0 Å². The maximum Gasteiger partial charge on any atom is 0.298 e. The minimum absolute atomic E-state index is 0.250. The Kier molecular flexibility index (Phi) is 2.70. The number of halogens is 1. The van der Waals surface area contributed by atoms with Gasteiger partial charge in [-0.25, -0.2) is 4.39 Å². The number of oxazole rings is 1. The zero-order valence-electron chi connectivity index (χ0n) is 9.52. The van der Waals surface area contributed by atoms with Crippen molar-refractivity contribution in [2.75, 3.05) is 23.5 Å². The lowest BCUT2D eigenvalue weighted by atomic mass is 10.2. The molecule has 5 heteroatoms. The van der Waals surface area contributed by atoms with Crippen LogP contribution in [0.15, 0.2) is 22.6 Å². The Hall–Kier alpha value is -1.23. The van der Waals surface area contributed by atoms with Gasteiger partial charge in [-0.05, 0) is 24.3 Å². The molecule has 0 saturated carbocycles. The summed E-state index contributed by atoms with van der Waals surface area (Å²) in [6.45, 7) is 0. The zero-order valence-corrected chi connectivity index (χ0v) is 10.3. The predicted molar refractivity (Wildman–Crippen MR) is 68.1 cm³/mol. The number of para-hydroxylation sites is 1. The van der Waals surface area contributed by atoms with Crippen LogP contribution in [0.2, 0.25) is 0 Å². The van der Waals surface area contributed by atoms with E-state index in [1.54, 1.807) is 12.1 Å². The molecular weight excluding hydrogens is 239 g/mol. The summed E-state index contributed by atoms with van der Waals surface area (Å²) in [5, 5.41) is 0. The highest BCUT2D eigenvalue weighted by atomic mass is 32.2. The van der Waals surface area contributed by atoms with Gasteiger partial charge < -0.3 is 9.32 Å². The molecule has 1 aromatic heterocycles. The molecule has 2 aromatic rings. The Morgan fingerprint density at radius 3 is 3.12 bits per heavy atom. The van der Waals surface area contributed by atoms with Crippen LogP contribution in [0.1, 0.15) is 6.42 Å². The van der Waals surface area contributed by atoms with Crippen LogP contribution in [0, 0.1) is 5.82 Å². The molecule has 2 heterocycles. The highest BCUT2D eigenvalue weighted by Crippen LogP contribution is 2.28. The van der Waals surface area contributed by atoms with Gasteiger partial charge in [0.25, 0.3) is 6.01 Å². The third-order valence-electron chi connectivity index (χ3n) is 3.11. The largest absolute Gasteiger partial charge is 0.420 e. The Morgan fingerprint density at radius 2 is 2.41 bits per heavy atom. The van der Waals surface area contributed by atoms with Crippen LogP contribution in [-0.2, 0) is 0 Å². The molecule has 1 atom stereocenters. The molecular formula is C12H13FN2OS. The van der Waals surface area contributed by atoms with E-state index in [4.69, 9.17) is 4.42 Å². The van der Waals surface area contributed by atoms with Gasteiger partial charge in [0.1, 0.15) is 5.52 Å². The van der Waals surface area contributed by atoms with Crippen molar-refractivity contribution in [2.45, 2.75) is 12.5 Å². The fraction of sp³-hybridized carbons (Fsp3) is 0.417. The molecule has 0 spiro atoms. The number of anilines is 1. The summed E-state index contributed by atoms with van der Waals surface area (Å²) < 4.78 is 19.0. The minimum Gasteiger partial charge on any atom is -0.420 e. The number of rotatable bonds is 2. The summed E-state index contributed by atoms with van der Waals surface area (Å²) >= 11 is 1.93. The van der Waals surface area contributed by atoms with Crippen molar-refractivity contribution in [3.8, 4) is 0 Å². The summed E-state index contributed by atoms with van der Waals surface area (Å²) in [4.78, 5) is 6.34. The van der Waals surface area contributed by atoms with Crippen LogP contribution in [0.5, 0.6) is 0 Å². The third-order valence-corrected chi connectivity index (χ3v) is 4.26. The minimum atomic E-state index is -0.351. The van der Waals surface area contributed by atoms with E-state index in [9.17, 15) is 4.39 Å². The lowest BCUT2D eigenvalue weighted by Gasteiger charge is -2.21. The second-order valence-electron chi connectivity index (χ2n) is 4.21. The smallest absolute Gasteiger partial charge is 0.298 e. The van der Waals surface area contributed by atoms with E-state index >= 15 is 0 Å². The molecule has 0 aliphatic carbocycles. The number of hydrogen-bond donors (Lipinski definition) is 0. The Labute approximate surface area is 103 Å². The molecule has 1 aliphatic heterocycles. The highest BCUT2D eigenvalue weighted by molar-refractivity contribution is 7.99. The first kappa shape index (κ1) is 10.9. The van der Waals surface area contributed by atoms with Gasteiger partial charge in [0.2, 0.25) is 0 Å². The molecule has 0 N–H and O–H groups in total. The molecule has 17 heavy (non-hydrogen) atoms. The fourth-order valence-electron chi connectivity index (χ4n) is 2.04. The second kappa shape index (κ2) is 4.22. The van der Waals surface area contributed by atoms with Gasteiger partial charge in [-0.15, -0.1) is 0 Å². The van der Waals surface area contributed by atoms with E-state index in [1.165, 1.54) is 11.8 Å². The fourth-order valence-corrected chi connectivity index (χ4v) is 3.31. The molecule has 1 unspecified atom stereocenters. The summed E-state index contributed by atoms with van der Waals surface area (Å²) in [5.74, 6) is 1.90. The van der Waals surface area contributed by atoms with Gasteiger partial charge in [-0.1, -0.05) is 6.07 Å². The van der Waals surface area contributed by atoms with E-state index in [0.717, 1.165) is 12.2 Å². The Bertz CT molecular complexity index is 536. The zero-order chi connectivity index (χ0) is 11.8. The van der Waals surface area contributed by atoms with E-state index in [-0.39, 0.29) is 11.4 Å². The van der Waals surface area contributed by atoms with Gasteiger partial charge in [-0.2, -0.15) is 16.7 Å². The molecule has 3 nitrogen and oxygen atoms in total. The first-order valence-electron chi connectivity index (χ1n) is 5.61. The highest BCUT2D eigenvalue weighted by Gasteiger charge is 2.24. The lowest BCUT2D eigenvalue weighted by molar-refractivity contribution is 0.528. The van der Waals surface area contributed by atoms with Gasteiger partial charge in [0, 0.05) is 18.8 Å². The maximum atomic E-state index is 13.5. The molecule has 1 fully saturated rings. The number of hydrogen-bond acceptors (Lipinski definition) is 4. The second-order valence-corrected chi connectivity index (χ2v) is 5.36. The topological polar surface area (TPSA) is 29.3 Å². The number of benzene rings is 1. The predicted octanol–water partition coefficient (Wildman–Crippen LogP) is 2.91. The summed E-state index contributed by atoms with van der Waals surface area (Å²) in [7, 11) is 1.96. The van der Waals surface area contributed by atoms with Crippen molar-refractivity contribution in [1.82, 2.24) is 4.98 Å². The van der Waals surface area contributed by atoms with E-state index in [0.29, 0.717) is 17.6 Å². The summed E-state index contributed by atoms with van der Waals surface area (Å²) in [6.07, 6.45) is 1.13. The molecule has 0 radical (unpaired) electrons. The van der Waals surface area contributed by atoms with Crippen LogP contribution < -0.4 is 4.90 Å². The monoisotopic (exact) mass is 252 g/mol. The first-order valence-corrected chi connectivity index (χ1v) is 6.77. The molecule has 1 saturated heterocycles. The van der Waals surface area contributed by atoms with Crippen LogP contribution in [0.25, 0.3) is 11.1 Å². The van der Waals surface area contributed by atoms with Gasteiger partial charge in [0.15, 0.2) is 11.4 Å². The lowest BCUT2D eigenvalue weighted by Crippen LogP contribution is -2.31. The average Bonchev–Trinajstić information content (AvgIpc) is 2.98. The number of aromatic nitrogens is 1. The van der Waals surface area contributed by atoms with Crippen molar-refractivity contribution >= 4 is 28.9 Å². The van der Waals surface area contributed by atoms with E-state index in [2.05, 4.69) is 4.98 Å². The number of fused-ring (bicyclic) bond motifs is 1. The Balaban J connectivity index is 1.97.